The van der Waals surface area contributed by atoms with E-state index in [4.69, 9.17) is 10.00 Å². The van der Waals surface area contributed by atoms with Crippen molar-refractivity contribution in [1.82, 2.24) is 4.72 Å². The zero-order valence-corrected chi connectivity index (χ0v) is 11.2. The number of nitrogens with one attached hydrogen (secondary N) is 1. The number of rotatable bonds is 6. The molecule has 5 nitrogen and oxygen atoms in total. The molecule has 1 unspecified atom stereocenters. The van der Waals surface area contributed by atoms with Gasteiger partial charge < -0.3 is 4.74 Å². The van der Waals surface area contributed by atoms with Gasteiger partial charge in [-0.05, 0) is 31.0 Å². The van der Waals surface area contributed by atoms with Gasteiger partial charge in [0.1, 0.15) is 5.75 Å². The van der Waals surface area contributed by atoms with Crippen LogP contribution in [0.3, 0.4) is 0 Å². The number of ether oxygens (including phenoxy) is 1. The number of hydrogen-bond donors (Lipinski definition) is 1. The van der Waals surface area contributed by atoms with E-state index < -0.39 is 15.3 Å². The predicted octanol–water partition coefficient (Wildman–Crippen LogP) is 1.07. The molecule has 0 saturated heterocycles. The second-order valence-corrected chi connectivity index (χ2v) is 5.90. The maximum absolute atomic E-state index is 11.5. The summed E-state index contributed by atoms with van der Waals surface area (Å²) in [7, 11) is -1.96. The lowest BCUT2D eigenvalue weighted by Crippen LogP contribution is -2.33. The first-order valence-corrected chi connectivity index (χ1v) is 7.05. The Kier molecular flexibility index (Phi) is 5.13. The quantitative estimate of drug-likeness (QED) is 0.837. The maximum Gasteiger partial charge on any atom is 0.227 e. The van der Waals surface area contributed by atoms with Crippen LogP contribution in [0, 0.1) is 11.3 Å². The fourth-order valence-electron chi connectivity index (χ4n) is 1.36. The van der Waals surface area contributed by atoms with E-state index in [1.54, 1.807) is 13.2 Å². The summed E-state index contributed by atoms with van der Waals surface area (Å²) < 4.78 is 30.5. The van der Waals surface area contributed by atoms with E-state index in [9.17, 15) is 8.42 Å². The molecule has 0 amide bonds. The smallest absolute Gasteiger partial charge is 0.227 e. The fourth-order valence-corrected chi connectivity index (χ4v) is 2.14. The zero-order valence-electron chi connectivity index (χ0n) is 10.4. The first-order chi connectivity index (χ1) is 8.49. The third-order valence-electron chi connectivity index (χ3n) is 2.50. The van der Waals surface area contributed by atoms with Gasteiger partial charge in [-0.15, -0.1) is 0 Å². The molecule has 6 heteroatoms. The lowest BCUT2D eigenvalue weighted by Gasteiger charge is -2.08. The molecular formula is C12H16N2O3S. The van der Waals surface area contributed by atoms with Gasteiger partial charge in [-0.25, -0.2) is 13.1 Å². The van der Waals surface area contributed by atoms with Gasteiger partial charge in [0.25, 0.3) is 0 Å². The highest BCUT2D eigenvalue weighted by Crippen LogP contribution is 2.12. The number of nitriles is 1. The summed E-state index contributed by atoms with van der Waals surface area (Å²) in [5.41, 5.74) is 0.974. The maximum atomic E-state index is 11.5. The molecule has 1 N–H and O–H groups in total. The highest BCUT2D eigenvalue weighted by Gasteiger charge is 2.18. The molecule has 0 radical (unpaired) electrons. The largest absolute Gasteiger partial charge is 0.497 e. The van der Waals surface area contributed by atoms with E-state index in [1.807, 2.05) is 24.3 Å². The third kappa shape index (κ3) is 4.02. The molecule has 0 fully saturated rings. The SMILES string of the molecule is COc1cccc(CCNS(=O)(=O)C(C)C#N)c1. The summed E-state index contributed by atoms with van der Waals surface area (Å²) in [6.07, 6.45) is 0.550. The Morgan fingerprint density at radius 2 is 2.22 bits per heavy atom. The van der Waals surface area contributed by atoms with Crippen LogP contribution in [0.25, 0.3) is 0 Å². The normalized spacial score (nSPS) is 12.7. The number of methoxy groups -OCH3 is 1. The highest BCUT2D eigenvalue weighted by molar-refractivity contribution is 7.90. The van der Waals surface area contributed by atoms with Crippen molar-refractivity contribution in [1.29, 1.82) is 5.26 Å². The van der Waals surface area contributed by atoms with E-state index in [2.05, 4.69) is 4.72 Å². The summed E-state index contributed by atoms with van der Waals surface area (Å²) in [6, 6.07) is 9.12. The van der Waals surface area contributed by atoms with Crippen LogP contribution < -0.4 is 9.46 Å². The van der Waals surface area contributed by atoms with Crippen LogP contribution in [0.4, 0.5) is 0 Å². The summed E-state index contributed by atoms with van der Waals surface area (Å²) in [6.45, 7) is 1.62. The van der Waals surface area contributed by atoms with Crippen molar-refractivity contribution in [2.75, 3.05) is 13.7 Å². The topological polar surface area (TPSA) is 79.2 Å². The van der Waals surface area contributed by atoms with E-state index in [1.165, 1.54) is 6.92 Å². The number of sulfonamides is 1. The molecule has 0 saturated carbocycles. The van der Waals surface area contributed by atoms with Crippen molar-refractivity contribution in [2.45, 2.75) is 18.6 Å². The van der Waals surface area contributed by atoms with Crippen LogP contribution in [0.15, 0.2) is 24.3 Å². The van der Waals surface area contributed by atoms with Gasteiger partial charge in [0.05, 0.1) is 13.2 Å². The standard InChI is InChI=1S/C12H16N2O3S/c1-10(9-13)18(15,16)14-7-6-11-4-3-5-12(8-11)17-2/h3-5,8,10,14H,6-7H2,1-2H3. The molecule has 0 aliphatic heterocycles. The average molecular weight is 268 g/mol. The van der Waals surface area contributed by atoms with E-state index >= 15 is 0 Å². The van der Waals surface area contributed by atoms with Crippen molar-refractivity contribution >= 4 is 10.0 Å². The molecule has 18 heavy (non-hydrogen) atoms. The minimum atomic E-state index is -3.54. The van der Waals surface area contributed by atoms with E-state index in [0.717, 1.165) is 11.3 Å². The van der Waals surface area contributed by atoms with Crippen LogP contribution in [0.5, 0.6) is 5.75 Å². The van der Waals surface area contributed by atoms with Crippen molar-refractivity contribution < 1.29 is 13.2 Å². The van der Waals surface area contributed by atoms with Crippen LogP contribution >= 0.6 is 0 Å². The Bertz CT molecular complexity index is 534. The Balaban J connectivity index is 2.54. The molecule has 0 aliphatic rings. The second-order valence-electron chi connectivity index (χ2n) is 3.81. The van der Waals surface area contributed by atoms with Gasteiger partial charge in [0, 0.05) is 6.54 Å². The van der Waals surface area contributed by atoms with Gasteiger partial charge in [-0.2, -0.15) is 5.26 Å². The monoisotopic (exact) mass is 268 g/mol. The fraction of sp³-hybridized carbons (Fsp3) is 0.417. The first kappa shape index (κ1) is 14.5. The van der Waals surface area contributed by atoms with Gasteiger partial charge in [0.2, 0.25) is 10.0 Å². The molecule has 0 aromatic heterocycles. The van der Waals surface area contributed by atoms with Crippen LogP contribution in [0.1, 0.15) is 12.5 Å². The van der Waals surface area contributed by atoms with E-state index in [0.29, 0.717) is 6.42 Å². The van der Waals surface area contributed by atoms with Gasteiger partial charge in [-0.3, -0.25) is 0 Å². The molecule has 1 atom stereocenters. The van der Waals surface area contributed by atoms with Crippen LogP contribution in [0.2, 0.25) is 0 Å². The van der Waals surface area contributed by atoms with Gasteiger partial charge >= 0.3 is 0 Å². The molecule has 0 aliphatic carbocycles. The zero-order chi connectivity index (χ0) is 13.6. The second kappa shape index (κ2) is 6.38. The molecule has 0 bridgehead atoms. The Labute approximate surface area is 107 Å². The lowest BCUT2D eigenvalue weighted by atomic mass is 10.1. The predicted molar refractivity (Wildman–Crippen MR) is 68.7 cm³/mol. The van der Waals surface area contributed by atoms with Gasteiger partial charge in [0.15, 0.2) is 5.25 Å². The molecular weight excluding hydrogens is 252 g/mol. The van der Waals surface area contributed by atoms with Crippen LogP contribution in [-0.4, -0.2) is 27.3 Å². The molecule has 1 aromatic carbocycles. The highest BCUT2D eigenvalue weighted by atomic mass is 32.2. The minimum Gasteiger partial charge on any atom is -0.497 e. The summed E-state index contributed by atoms with van der Waals surface area (Å²) in [4.78, 5) is 0. The average Bonchev–Trinajstić information content (AvgIpc) is 2.37. The molecule has 1 aromatic rings. The molecule has 98 valence electrons. The van der Waals surface area contributed by atoms with Crippen molar-refractivity contribution in [2.24, 2.45) is 0 Å². The summed E-state index contributed by atoms with van der Waals surface area (Å²) in [5, 5.41) is 7.53. The Morgan fingerprint density at radius 1 is 1.50 bits per heavy atom. The third-order valence-corrected chi connectivity index (χ3v) is 4.14. The first-order valence-electron chi connectivity index (χ1n) is 5.50. The van der Waals surface area contributed by atoms with Crippen molar-refractivity contribution in [3.8, 4) is 11.8 Å². The van der Waals surface area contributed by atoms with Gasteiger partial charge in [-0.1, -0.05) is 12.1 Å². The lowest BCUT2D eigenvalue weighted by molar-refractivity contribution is 0.414. The molecule has 0 heterocycles. The summed E-state index contributed by atoms with van der Waals surface area (Å²) in [5.74, 6) is 0.737. The number of nitrogens with zero attached hydrogens (tertiary/aromatic N) is 1. The van der Waals surface area contributed by atoms with E-state index in [-0.39, 0.29) is 6.54 Å². The molecule has 0 spiro atoms. The van der Waals surface area contributed by atoms with Crippen molar-refractivity contribution in [3.05, 3.63) is 29.8 Å². The Hall–Kier alpha value is -1.58. The van der Waals surface area contributed by atoms with Crippen LogP contribution in [-0.2, 0) is 16.4 Å². The summed E-state index contributed by atoms with van der Waals surface area (Å²) >= 11 is 0. The Morgan fingerprint density at radius 3 is 2.83 bits per heavy atom. The molecule has 1 rings (SSSR count). The minimum absolute atomic E-state index is 0.265. The number of benzene rings is 1. The van der Waals surface area contributed by atoms with Crippen molar-refractivity contribution in [3.63, 3.8) is 0 Å². The number of hydrogen-bond acceptors (Lipinski definition) is 4.